The normalized spacial score (nSPS) is 10.6. The van der Waals surface area contributed by atoms with Gasteiger partial charge in [0.25, 0.3) is 5.91 Å². The third kappa shape index (κ3) is 4.49. The highest BCUT2D eigenvalue weighted by atomic mass is 16.5. The molecule has 1 amide bonds. The van der Waals surface area contributed by atoms with Crippen molar-refractivity contribution in [1.29, 1.82) is 0 Å². The number of aromatic nitrogens is 2. The molecule has 0 saturated heterocycles. The van der Waals surface area contributed by atoms with Gasteiger partial charge in [-0.2, -0.15) is 0 Å². The van der Waals surface area contributed by atoms with Crippen LogP contribution in [0.1, 0.15) is 30.4 Å². The van der Waals surface area contributed by atoms with Crippen molar-refractivity contribution < 1.29 is 19.1 Å². The van der Waals surface area contributed by atoms with Gasteiger partial charge in [0.05, 0.1) is 24.8 Å². The first-order chi connectivity index (χ1) is 13.6. The molecule has 0 unspecified atom stereocenters. The molecule has 146 valence electrons. The molecule has 3 aromatic rings. The number of esters is 1. The van der Waals surface area contributed by atoms with Crippen LogP contribution in [0.15, 0.2) is 48.5 Å². The standard InChI is InChI=1S/C21H23N3O4/c1-3-28-16-12-10-15(11-13-16)22-21(26)20-23-17-7-4-5-8-18(17)24(20)14-6-9-19(25)27-2/h4-5,7-8,10-13H,3,6,9,14H2,1-2H3,(H,22,26). The van der Waals surface area contributed by atoms with Crippen LogP contribution in [0.2, 0.25) is 0 Å². The predicted octanol–water partition coefficient (Wildman–Crippen LogP) is 3.64. The molecule has 0 bridgehead atoms. The van der Waals surface area contributed by atoms with E-state index in [0.717, 1.165) is 16.8 Å². The number of carbonyl (C=O) groups is 2. The summed E-state index contributed by atoms with van der Waals surface area (Å²) in [6, 6.07) is 14.7. The molecule has 0 aliphatic heterocycles. The number of nitrogens with zero attached hydrogens (tertiary/aromatic N) is 2. The van der Waals surface area contributed by atoms with Gasteiger partial charge in [-0.25, -0.2) is 4.98 Å². The van der Waals surface area contributed by atoms with Crippen LogP contribution in [-0.4, -0.2) is 35.1 Å². The number of imidazole rings is 1. The molecule has 1 heterocycles. The Bertz CT molecular complexity index is 963. The predicted molar refractivity (Wildman–Crippen MR) is 107 cm³/mol. The van der Waals surface area contributed by atoms with E-state index in [0.29, 0.717) is 31.1 Å². The summed E-state index contributed by atoms with van der Waals surface area (Å²) < 4.78 is 11.9. The van der Waals surface area contributed by atoms with E-state index in [1.54, 1.807) is 24.3 Å². The molecule has 0 radical (unpaired) electrons. The van der Waals surface area contributed by atoms with E-state index in [9.17, 15) is 9.59 Å². The number of fused-ring (bicyclic) bond motifs is 1. The van der Waals surface area contributed by atoms with Gasteiger partial charge in [0.15, 0.2) is 5.82 Å². The number of anilines is 1. The van der Waals surface area contributed by atoms with Crippen molar-refractivity contribution in [3.05, 3.63) is 54.4 Å². The Morgan fingerprint density at radius 3 is 2.57 bits per heavy atom. The molecular weight excluding hydrogens is 358 g/mol. The largest absolute Gasteiger partial charge is 0.494 e. The van der Waals surface area contributed by atoms with Gasteiger partial charge in [0, 0.05) is 18.7 Å². The third-order valence-corrected chi connectivity index (χ3v) is 4.27. The van der Waals surface area contributed by atoms with E-state index in [2.05, 4.69) is 15.0 Å². The molecule has 1 N–H and O–H groups in total. The highest BCUT2D eigenvalue weighted by Crippen LogP contribution is 2.20. The van der Waals surface area contributed by atoms with Crippen LogP contribution in [0.25, 0.3) is 11.0 Å². The van der Waals surface area contributed by atoms with Crippen molar-refractivity contribution in [2.24, 2.45) is 0 Å². The zero-order valence-electron chi connectivity index (χ0n) is 16.0. The van der Waals surface area contributed by atoms with Crippen LogP contribution in [0, 0.1) is 0 Å². The Hall–Kier alpha value is -3.35. The first kappa shape index (κ1) is 19.4. The second kappa shape index (κ2) is 9.03. The van der Waals surface area contributed by atoms with Crippen LogP contribution >= 0.6 is 0 Å². The first-order valence-electron chi connectivity index (χ1n) is 9.18. The smallest absolute Gasteiger partial charge is 0.305 e. The lowest BCUT2D eigenvalue weighted by atomic mass is 10.2. The van der Waals surface area contributed by atoms with Crippen LogP contribution in [0.5, 0.6) is 5.75 Å². The zero-order chi connectivity index (χ0) is 19.9. The number of hydrogen-bond donors (Lipinski definition) is 1. The van der Waals surface area contributed by atoms with Gasteiger partial charge in [-0.15, -0.1) is 0 Å². The molecule has 0 aliphatic rings. The highest BCUT2D eigenvalue weighted by Gasteiger charge is 2.18. The number of methoxy groups -OCH3 is 1. The molecule has 7 heteroatoms. The minimum atomic E-state index is -0.307. The fraction of sp³-hybridized carbons (Fsp3) is 0.286. The Kier molecular flexibility index (Phi) is 6.26. The Labute approximate surface area is 163 Å². The second-order valence-electron chi connectivity index (χ2n) is 6.17. The second-order valence-corrected chi connectivity index (χ2v) is 6.17. The summed E-state index contributed by atoms with van der Waals surface area (Å²) in [5.41, 5.74) is 2.24. The fourth-order valence-electron chi connectivity index (χ4n) is 2.95. The van der Waals surface area contributed by atoms with Crippen LogP contribution in [0.4, 0.5) is 5.69 Å². The number of carbonyl (C=O) groups excluding carboxylic acids is 2. The van der Waals surface area contributed by atoms with E-state index in [-0.39, 0.29) is 18.3 Å². The Morgan fingerprint density at radius 2 is 1.86 bits per heavy atom. The minimum absolute atomic E-state index is 0.273. The average Bonchev–Trinajstić information content (AvgIpc) is 3.08. The van der Waals surface area contributed by atoms with Gasteiger partial charge < -0.3 is 19.4 Å². The fourth-order valence-corrected chi connectivity index (χ4v) is 2.95. The van der Waals surface area contributed by atoms with E-state index >= 15 is 0 Å². The summed E-state index contributed by atoms with van der Waals surface area (Å²) in [6.45, 7) is 2.99. The molecule has 7 nitrogen and oxygen atoms in total. The Morgan fingerprint density at radius 1 is 1.11 bits per heavy atom. The maximum Gasteiger partial charge on any atom is 0.305 e. The zero-order valence-corrected chi connectivity index (χ0v) is 16.0. The topological polar surface area (TPSA) is 82.5 Å². The van der Waals surface area contributed by atoms with E-state index in [4.69, 9.17) is 4.74 Å². The molecule has 28 heavy (non-hydrogen) atoms. The van der Waals surface area contributed by atoms with Crippen molar-refractivity contribution in [3.63, 3.8) is 0 Å². The van der Waals surface area contributed by atoms with Crippen molar-refractivity contribution >= 4 is 28.6 Å². The molecular formula is C21H23N3O4. The third-order valence-electron chi connectivity index (χ3n) is 4.27. The maximum atomic E-state index is 12.9. The number of para-hydroxylation sites is 2. The van der Waals surface area contributed by atoms with Gasteiger partial charge in [-0.05, 0) is 49.7 Å². The molecule has 0 atom stereocenters. The van der Waals surface area contributed by atoms with Crippen molar-refractivity contribution in [3.8, 4) is 5.75 Å². The monoisotopic (exact) mass is 381 g/mol. The quantitative estimate of drug-likeness (QED) is 0.603. The summed E-state index contributed by atoms with van der Waals surface area (Å²) in [7, 11) is 1.37. The lowest BCUT2D eigenvalue weighted by Crippen LogP contribution is -2.18. The lowest BCUT2D eigenvalue weighted by molar-refractivity contribution is -0.140. The van der Waals surface area contributed by atoms with Crippen LogP contribution < -0.4 is 10.1 Å². The van der Waals surface area contributed by atoms with Gasteiger partial charge in [0.2, 0.25) is 0 Å². The summed E-state index contributed by atoms with van der Waals surface area (Å²) >= 11 is 0. The van der Waals surface area contributed by atoms with Crippen molar-refractivity contribution in [2.45, 2.75) is 26.3 Å². The lowest BCUT2D eigenvalue weighted by Gasteiger charge is -2.10. The average molecular weight is 381 g/mol. The number of amides is 1. The van der Waals surface area contributed by atoms with E-state index < -0.39 is 0 Å². The molecule has 0 fully saturated rings. The summed E-state index contributed by atoms with van der Waals surface area (Å²) in [5, 5.41) is 2.87. The molecule has 1 aromatic heterocycles. The summed E-state index contributed by atoms with van der Waals surface area (Å²) in [4.78, 5) is 28.7. The Balaban J connectivity index is 1.81. The van der Waals surface area contributed by atoms with Gasteiger partial charge in [0.1, 0.15) is 5.75 Å². The number of hydrogen-bond acceptors (Lipinski definition) is 5. The summed E-state index contributed by atoms with van der Waals surface area (Å²) in [6.07, 6.45) is 0.833. The minimum Gasteiger partial charge on any atom is -0.494 e. The van der Waals surface area contributed by atoms with Crippen molar-refractivity contribution in [2.75, 3.05) is 19.0 Å². The van der Waals surface area contributed by atoms with Gasteiger partial charge >= 0.3 is 5.97 Å². The van der Waals surface area contributed by atoms with Crippen LogP contribution in [0.3, 0.4) is 0 Å². The number of benzene rings is 2. The van der Waals surface area contributed by atoms with Gasteiger partial charge in [-0.1, -0.05) is 12.1 Å². The maximum absolute atomic E-state index is 12.9. The number of aryl methyl sites for hydroxylation is 1. The molecule has 2 aromatic carbocycles. The van der Waals surface area contributed by atoms with E-state index in [1.165, 1.54) is 7.11 Å². The van der Waals surface area contributed by atoms with Crippen LogP contribution in [-0.2, 0) is 16.1 Å². The SMILES string of the molecule is CCOc1ccc(NC(=O)c2nc3ccccc3n2CCCC(=O)OC)cc1. The first-order valence-corrected chi connectivity index (χ1v) is 9.18. The number of rotatable bonds is 8. The highest BCUT2D eigenvalue weighted by molar-refractivity contribution is 6.03. The van der Waals surface area contributed by atoms with Crippen molar-refractivity contribution in [1.82, 2.24) is 9.55 Å². The van der Waals surface area contributed by atoms with E-state index in [1.807, 2.05) is 35.8 Å². The molecule has 0 saturated carbocycles. The van der Waals surface area contributed by atoms with Gasteiger partial charge in [-0.3, -0.25) is 9.59 Å². The number of ether oxygens (including phenoxy) is 2. The molecule has 0 aliphatic carbocycles. The number of nitrogens with one attached hydrogen (secondary N) is 1. The summed E-state index contributed by atoms with van der Waals surface area (Å²) in [5.74, 6) is 0.471. The molecule has 3 rings (SSSR count). The molecule has 0 spiro atoms.